The highest BCUT2D eigenvalue weighted by Gasteiger charge is 2.58. The van der Waals surface area contributed by atoms with E-state index in [2.05, 4.69) is 5.32 Å². The Kier molecular flexibility index (Phi) is 3.22. The summed E-state index contributed by atoms with van der Waals surface area (Å²) >= 11 is 0. The Morgan fingerprint density at radius 2 is 1.85 bits per heavy atom. The minimum absolute atomic E-state index is 0.00578. The summed E-state index contributed by atoms with van der Waals surface area (Å²) < 4.78 is 5.13. The number of rotatable bonds is 5. The van der Waals surface area contributed by atoms with Gasteiger partial charge in [0.25, 0.3) is 0 Å². The molecule has 2 amide bonds. The van der Waals surface area contributed by atoms with Gasteiger partial charge in [0.05, 0.1) is 25.0 Å². The van der Waals surface area contributed by atoms with E-state index in [1.165, 1.54) is 4.90 Å². The lowest BCUT2D eigenvalue weighted by molar-refractivity contribution is -0.141. The summed E-state index contributed by atoms with van der Waals surface area (Å²) in [6.07, 6.45) is 0.751. The minimum atomic E-state index is -0.0497. The molecule has 1 aromatic rings. The van der Waals surface area contributed by atoms with Crippen LogP contribution < -0.4 is 10.1 Å². The lowest BCUT2D eigenvalue weighted by Crippen LogP contribution is -2.39. The second-order valence-electron chi connectivity index (χ2n) is 5.35. The standard InChI is InChI=1S/C15H18N2O3/c1-16-13(9-3-5-10(20-2)6-4-9)8-17-14(18)11-7-12(11)15(17)19/h3-6,11-13,16H,7-8H2,1-2H3. The van der Waals surface area contributed by atoms with Crippen molar-refractivity contribution >= 4 is 11.8 Å². The van der Waals surface area contributed by atoms with Crippen LogP contribution in [0.3, 0.4) is 0 Å². The SMILES string of the molecule is CNC(CN1C(=O)C2CC2C1=O)c1ccc(OC)cc1. The van der Waals surface area contributed by atoms with Crippen LogP contribution in [0.2, 0.25) is 0 Å². The average Bonchev–Trinajstić information content (AvgIpc) is 3.24. The average molecular weight is 274 g/mol. The van der Waals surface area contributed by atoms with Crippen molar-refractivity contribution in [2.45, 2.75) is 12.5 Å². The van der Waals surface area contributed by atoms with Crippen LogP contribution in [0.25, 0.3) is 0 Å². The zero-order valence-electron chi connectivity index (χ0n) is 11.6. The van der Waals surface area contributed by atoms with Crippen molar-refractivity contribution in [1.29, 1.82) is 0 Å². The van der Waals surface area contributed by atoms with Crippen LogP contribution in [0, 0.1) is 11.8 Å². The summed E-state index contributed by atoms with van der Waals surface area (Å²) in [6, 6.07) is 7.61. The van der Waals surface area contributed by atoms with Crippen LogP contribution in [0.1, 0.15) is 18.0 Å². The molecule has 1 aliphatic heterocycles. The van der Waals surface area contributed by atoms with Crippen LogP contribution in [-0.4, -0.2) is 37.4 Å². The van der Waals surface area contributed by atoms with Gasteiger partial charge in [0.1, 0.15) is 5.75 Å². The van der Waals surface area contributed by atoms with Crippen LogP contribution in [0.15, 0.2) is 24.3 Å². The molecule has 1 heterocycles. The van der Waals surface area contributed by atoms with Gasteiger partial charge in [-0.2, -0.15) is 0 Å². The van der Waals surface area contributed by atoms with E-state index in [0.717, 1.165) is 17.7 Å². The number of nitrogens with zero attached hydrogens (tertiary/aromatic N) is 1. The van der Waals surface area contributed by atoms with Crippen LogP contribution >= 0.6 is 0 Å². The minimum Gasteiger partial charge on any atom is -0.497 e. The number of nitrogens with one attached hydrogen (secondary N) is 1. The van der Waals surface area contributed by atoms with Gasteiger partial charge in [0.2, 0.25) is 11.8 Å². The van der Waals surface area contributed by atoms with Gasteiger partial charge in [-0.1, -0.05) is 12.1 Å². The Morgan fingerprint density at radius 3 is 2.35 bits per heavy atom. The summed E-state index contributed by atoms with van der Waals surface area (Å²) in [5, 5.41) is 3.17. The molecule has 0 aromatic heterocycles. The summed E-state index contributed by atoms with van der Waals surface area (Å²) in [5.41, 5.74) is 1.04. The smallest absolute Gasteiger partial charge is 0.233 e. The Bertz CT molecular complexity index is 521. The van der Waals surface area contributed by atoms with Crippen molar-refractivity contribution in [3.63, 3.8) is 0 Å². The van der Waals surface area contributed by atoms with E-state index in [1.807, 2.05) is 31.3 Å². The highest BCUT2D eigenvalue weighted by Crippen LogP contribution is 2.47. The van der Waals surface area contributed by atoms with Crippen molar-refractivity contribution < 1.29 is 14.3 Å². The molecule has 5 heteroatoms. The highest BCUT2D eigenvalue weighted by molar-refractivity contribution is 6.08. The molecule has 2 fully saturated rings. The van der Waals surface area contributed by atoms with Gasteiger partial charge in [0.15, 0.2) is 0 Å². The van der Waals surface area contributed by atoms with Gasteiger partial charge in [-0.3, -0.25) is 14.5 Å². The molecule has 1 saturated carbocycles. The van der Waals surface area contributed by atoms with Gasteiger partial charge in [-0.05, 0) is 31.2 Å². The maximum Gasteiger partial charge on any atom is 0.233 e. The van der Waals surface area contributed by atoms with E-state index in [-0.39, 0.29) is 29.7 Å². The number of likely N-dealkylation sites (N-methyl/N-ethyl adjacent to an activating group) is 1. The van der Waals surface area contributed by atoms with Crippen LogP contribution in [-0.2, 0) is 9.59 Å². The summed E-state index contributed by atoms with van der Waals surface area (Å²) in [6.45, 7) is 0.396. The summed E-state index contributed by atoms with van der Waals surface area (Å²) in [5.74, 6) is 0.715. The Morgan fingerprint density at radius 1 is 1.25 bits per heavy atom. The fraction of sp³-hybridized carbons (Fsp3) is 0.467. The molecular formula is C15H18N2O3. The number of amides is 2. The predicted octanol–water partition coefficient (Wildman–Crippen LogP) is 0.961. The predicted molar refractivity (Wildman–Crippen MR) is 73.1 cm³/mol. The molecule has 1 N–H and O–H groups in total. The van der Waals surface area contributed by atoms with E-state index in [4.69, 9.17) is 4.74 Å². The van der Waals surface area contributed by atoms with Gasteiger partial charge in [-0.15, -0.1) is 0 Å². The number of methoxy groups -OCH3 is 1. The molecule has 2 aliphatic rings. The first kappa shape index (κ1) is 13.1. The fourth-order valence-corrected chi connectivity index (χ4v) is 2.81. The van der Waals surface area contributed by atoms with Gasteiger partial charge < -0.3 is 10.1 Å². The third-order valence-corrected chi connectivity index (χ3v) is 4.19. The molecule has 106 valence electrons. The summed E-state index contributed by atoms with van der Waals surface area (Å²) in [4.78, 5) is 25.4. The zero-order valence-corrected chi connectivity index (χ0v) is 11.6. The van der Waals surface area contributed by atoms with Crippen molar-refractivity contribution in [2.24, 2.45) is 11.8 Å². The van der Waals surface area contributed by atoms with Crippen molar-refractivity contribution in [2.75, 3.05) is 20.7 Å². The number of carbonyl (C=O) groups excluding carboxylic acids is 2. The van der Waals surface area contributed by atoms with Crippen molar-refractivity contribution in [3.05, 3.63) is 29.8 Å². The van der Waals surface area contributed by atoms with E-state index < -0.39 is 0 Å². The lowest BCUT2D eigenvalue weighted by atomic mass is 10.1. The maximum atomic E-state index is 12.0. The number of hydrogen-bond donors (Lipinski definition) is 1. The first-order chi connectivity index (χ1) is 9.65. The van der Waals surface area contributed by atoms with E-state index in [0.29, 0.717) is 6.54 Å². The van der Waals surface area contributed by atoms with Gasteiger partial charge in [-0.25, -0.2) is 0 Å². The van der Waals surface area contributed by atoms with E-state index in [9.17, 15) is 9.59 Å². The second kappa shape index (κ2) is 4.90. The number of carbonyl (C=O) groups is 2. The number of ether oxygens (including phenoxy) is 1. The lowest BCUT2D eigenvalue weighted by Gasteiger charge is -2.24. The molecule has 0 spiro atoms. The monoisotopic (exact) mass is 274 g/mol. The number of benzene rings is 1. The molecule has 5 nitrogen and oxygen atoms in total. The third-order valence-electron chi connectivity index (χ3n) is 4.19. The number of likely N-dealkylation sites (tertiary alicyclic amines) is 1. The molecule has 1 aromatic carbocycles. The normalized spacial score (nSPS) is 25.6. The number of piperidine rings is 1. The molecule has 3 unspecified atom stereocenters. The molecular weight excluding hydrogens is 256 g/mol. The molecule has 3 atom stereocenters. The quantitative estimate of drug-likeness (QED) is 0.813. The topological polar surface area (TPSA) is 58.6 Å². The number of fused-ring (bicyclic) bond motifs is 1. The van der Waals surface area contributed by atoms with E-state index in [1.54, 1.807) is 7.11 Å². The zero-order chi connectivity index (χ0) is 14.3. The van der Waals surface area contributed by atoms with Gasteiger partial charge >= 0.3 is 0 Å². The molecule has 0 bridgehead atoms. The van der Waals surface area contributed by atoms with E-state index >= 15 is 0 Å². The molecule has 0 radical (unpaired) electrons. The highest BCUT2D eigenvalue weighted by atomic mass is 16.5. The van der Waals surface area contributed by atoms with Gasteiger partial charge in [0, 0.05) is 6.54 Å². The molecule has 3 rings (SSSR count). The number of imide groups is 1. The number of hydrogen-bond acceptors (Lipinski definition) is 4. The van der Waals surface area contributed by atoms with Crippen LogP contribution in [0.5, 0.6) is 5.75 Å². The summed E-state index contributed by atoms with van der Waals surface area (Å²) in [7, 11) is 3.46. The first-order valence-electron chi connectivity index (χ1n) is 6.82. The van der Waals surface area contributed by atoms with Crippen molar-refractivity contribution in [3.8, 4) is 5.75 Å². The second-order valence-corrected chi connectivity index (χ2v) is 5.35. The Balaban J connectivity index is 1.73. The van der Waals surface area contributed by atoms with Crippen molar-refractivity contribution in [1.82, 2.24) is 10.2 Å². The Labute approximate surface area is 117 Å². The van der Waals surface area contributed by atoms with Crippen LogP contribution in [0.4, 0.5) is 0 Å². The molecule has 1 saturated heterocycles. The molecule has 20 heavy (non-hydrogen) atoms. The third kappa shape index (κ3) is 2.08. The Hall–Kier alpha value is -1.88. The maximum absolute atomic E-state index is 12.0. The fourth-order valence-electron chi connectivity index (χ4n) is 2.81. The largest absolute Gasteiger partial charge is 0.497 e. The first-order valence-corrected chi connectivity index (χ1v) is 6.82. The molecule has 1 aliphatic carbocycles.